The van der Waals surface area contributed by atoms with Crippen LogP contribution in [0.15, 0.2) is 35.7 Å². The van der Waals surface area contributed by atoms with Gasteiger partial charge in [-0.25, -0.2) is 15.0 Å². The molecule has 2 aromatic rings. The van der Waals surface area contributed by atoms with Crippen LogP contribution in [-0.2, 0) is 6.54 Å². The van der Waals surface area contributed by atoms with Crippen molar-refractivity contribution in [2.45, 2.75) is 33.7 Å². The molecule has 22 heavy (non-hydrogen) atoms. The van der Waals surface area contributed by atoms with Crippen LogP contribution in [0.5, 0.6) is 0 Å². The third kappa shape index (κ3) is 4.31. The van der Waals surface area contributed by atoms with Gasteiger partial charge in [0.2, 0.25) is 0 Å². The molecule has 0 amide bonds. The minimum atomic E-state index is 0.606. The summed E-state index contributed by atoms with van der Waals surface area (Å²) in [6, 6.07) is 4.04. The molecule has 0 saturated heterocycles. The number of hydrogen-bond acceptors (Lipinski definition) is 3. The molecule has 0 aliphatic heterocycles. The lowest BCUT2D eigenvalue weighted by Gasteiger charge is -2.10. The minimum absolute atomic E-state index is 0.606. The zero-order valence-electron chi connectivity index (χ0n) is 13.5. The van der Waals surface area contributed by atoms with Crippen LogP contribution in [0.2, 0.25) is 0 Å². The highest BCUT2D eigenvalue weighted by Gasteiger charge is 2.02. The number of nitrogens with zero attached hydrogens (tertiary/aromatic N) is 4. The van der Waals surface area contributed by atoms with E-state index in [9.17, 15) is 0 Å². The van der Waals surface area contributed by atoms with Gasteiger partial charge < -0.3 is 10.6 Å². The van der Waals surface area contributed by atoms with Gasteiger partial charge in [-0.3, -0.25) is 4.57 Å². The summed E-state index contributed by atoms with van der Waals surface area (Å²) in [4.78, 5) is 13.3. The van der Waals surface area contributed by atoms with Gasteiger partial charge in [0.25, 0.3) is 0 Å². The van der Waals surface area contributed by atoms with Crippen LogP contribution in [0.25, 0.3) is 5.82 Å². The number of aryl methyl sites for hydroxylation is 1. The molecular formula is C16H24N6. The second-order valence-corrected chi connectivity index (χ2v) is 4.99. The normalized spacial score (nSPS) is 11.5. The van der Waals surface area contributed by atoms with E-state index in [0.29, 0.717) is 6.54 Å². The van der Waals surface area contributed by atoms with Crippen molar-refractivity contribution < 1.29 is 0 Å². The molecule has 2 rings (SSSR count). The molecular weight excluding hydrogens is 276 g/mol. The highest BCUT2D eigenvalue weighted by atomic mass is 15.2. The molecule has 2 N–H and O–H groups in total. The lowest BCUT2D eigenvalue weighted by atomic mass is 10.3. The standard InChI is InChI=1S/C16H24N6/c1-4-8-19-16(17-5-2)21-12-14-6-7-15(20-11-14)22-10-9-18-13(22)3/h6-7,9-11H,4-5,8,12H2,1-3H3,(H2,17,19,21). The number of hydrogen-bond donors (Lipinski definition) is 2. The zero-order chi connectivity index (χ0) is 15.8. The molecule has 0 bridgehead atoms. The van der Waals surface area contributed by atoms with Gasteiger partial charge in [-0.1, -0.05) is 13.0 Å². The molecule has 0 aliphatic rings. The summed E-state index contributed by atoms with van der Waals surface area (Å²) >= 11 is 0. The largest absolute Gasteiger partial charge is 0.357 e. The monoisotopic (exact) mass is 300 g/mol. The minimum Gasteiger partial charge on any atom is -0.357 e. The van der Waals surface area contributed by atoms with Crippen LogP contribution < -0.4 is 10.6 Å². The summed E-state index contributed by atoms with van der Waals surface area (Å²) in [5, 5.41) is 6.52. The van der Waals surface area contributed by atoms with Gasteiger partial charge in [-0.05, 0) is 31.9 Å². The molecule has 6 heteroatoms. The fourth-order valence-electron chi connectivity index (χ4n) is 2.03. The molecule has 6 nitrogen and oxygen atoms in total. The van der Waals surface area contributed by atoms with E-state index >= 15 is 0 Å². The molecule has 0 aliphatic carbocycles. The van der Waals surface area contributed by atoms with E-state index in [2.05, 4.69) is 45.5 Å². The quantitative estimate of drug-likeness (QED) is 0.633. The van der Waals surface area contributed by atoms with Crippen molar-refractivity contribution in [3.8, 4) is 5.82 Å². The molecule has 0 radical (unpaired) electrons. The van der Waals surface area contributed by atoms with Crippen LogP contribution in [0.3, 0.4) is 0 Å². The van der Waals surface area contributed by atoms with E-state index in [1.54, 1.807) is 6.20 Å². The second kappa shape index (κ2) is 8.17. The first kappa shape index (κ1) is 16.0. The molecule has 118 valence electrons. The third-order valence-electron chi connectivity index (χ3n) is 3.19. The van der Waals surface area contributed by atoms with E-state index < -0.39 is 0 Å². The Balaban J connectivity index is 2.02. The predicted octanol–water partition coefficient (Wildman–Crippen LogP) is 2.04. The number of nitrogens with one attached hydrogen (secondary N) is 2. The molecule has 0 atom stereocenters. The average Bonchev–Trinajstić information content (AvgIpc) is 2.97. The van der Waals surface area contributed by atoms with E-state index in [1.807, 2.05) is 30.0 Å². The van der Waals surface area contributed by atoms with Crippen LogP contribution >= 0.6 is 0 Å². The van der Waals surface area contributed by atoms with Crippen LogP contribution in [-0.4, -0.2) is 33.6 Å². The zero-order valence-corrected chi connectivity index (χ0v) is 13.5. The van der Waals surface area contributed by atoms with Gasteiger partial charge >= 0.3 is 0 Å². The maximum absolute atomic E-state index is 4.57. The fourth-order valence-corrected chi connectivity index (χ4v) is 2.03. The van der Waals surface area contributed by atoms with Crippen LogP contribution in [0.1, 0.15) is 31.7 Å². The van der Waals surface area contributed by atoms with Crippen molar-refractivity contribution in [1.82, 2.24) is 25.2 Å². The van der Waals surface area contributed by atoms with Gasteiger partial charge in [0.1, 0.15) is 11.6 Å². The maximum Gasteiger partial charge on any atom is 0.191 e. The van der Waals surface area contributed by atoms with Crippen molar-refractivity contribution in [2.75, 3.05) is 13.1 Å². The summed E-state index contributed by atoms with van der Waals surface area (Å²) in [5.41, 5.74) is 1.08. The summed E-state index contributed by atoms with van der Waals surface area (Å²) in [5.74, 6) is 2.65. The second-order valence-electron chi connectivity index (χ2n) is 4.99. The van der Waals surface area contributed by atoms with Gasteiger partial charge in [0.15, 0.2) is 5.96 Å². The number of guanidine groups is 1. The third-order valence-corrected chi connectivity index (χ3v) is 3.19. The Labute approximate surface area is 131 Å². The Morgan fingerprint density at radius 2 is 2.09 bits per heavy atom. The Morgan fingerprint density at radius 1 is 1.23 bits per heavy atom. The Hall–Kier alpha value is -2.37. The number of imidazole rings is 1. The topological polar surface area (TPSA) is 67.1 Å². The van der Waals surface area contributed by atoms with Crippen molar-refractivity contribution in [1.29, 1.82) is 0 Å². The predicted molar refractivity (Wildman–Crippen MR) is 89.2 cm³/mol. The van der Waals surface area contributed by atoms with Crippen LogP contribution in [0, 0.1) is 6.92 Å². The van der Waals surface area contributed by atoms with Gasteiger partial charge in [0, 0.05) is 31.7 Å². The summed E-state index contributed by atoms with van der Waals surface area (Å²) < 4.78 is 1.96. The summed E-state index contributed by atoms with van der Waals surface area (Å²) in [6.07, 6.45) is 6.62. The van der Waals surface area contributed by atoms with Crippen molar-refractivity contribution in [3.05, 3.63) is 42.1 Å². The SMILES string of the molecule is CCCNC(=NCc1ccc(-n2ccnc2C)nc1)NCC. The number of aliphatic imine (C=N–C) groups is 1. The summed E-state index contributed by atoms with van der Waals surface area (Å²) in [7, 11) is 0. The lowest BCUT2D eigenvalue weighted by molar-refractivity contribution is 0.785. The highest BCUT2D eigenvalue weighted by Crippen LogP contribution is 2.08. The number of rotatable bonds is 6. The molecule has 2 aromatic heterocycles. The Kier molecular flexibility index (Phi) is 5.94. The average molecular weight is 300 g/mol. The molecule has 0 spiro atoms. The molecule has 0 saturated carbocycles. The van der Waals surface area contributed by atoms with E-state index in [4.69, 9.17) is 0 Å². The maximum atomic E-state index is 4.57. The van der Waals surface area contributed by atoms with Gasteiger partial charge in [-0.2, -0.15) is 0 Å². The van der Waals surface area contributed by atoms with Crippen molar-refractivity contribution in [2.24, 2.45) is 4.99 Å². The van der Waals surface area contributed by atoms with Gasteiger partial charge in [-0.15, -0.1) is 0 Å². The molecule has 0 fully saturated rings. The summed E-state index contributed by atoms with van der Waals surface area (Å²) in [6.45, 7) is 8.54. The lowest BCUT2D eigenvalue weighted by Crippen LogP contribution is -2.37. The highest BCUT2D eigenvalue weighted by molar-refractivity contribution is 5.79. The first-order valence-corrected chi connectivity index (χ1v) is 7.72. The van der Waals surface area contributed by atoms with Crippen molar-refractivity contribution >= 4 is 5.96 Å². The fraction of sp³-hybridized carbons (Fsp3) is 0.438. The Bertz CT molecular complexity index is 599. The van der Waals surface area contributed by atoms with Crippen molar-refractivity contribution in [3.63, 3.8) is 0 Å². The smallest absolute Gasteiger partial charge is 0.191 e. The van der Waals surface area contributed by atoms with Gasteiger partial charge in [0.05, 0.1) is 6.54 Å². The van der Waals surface area contributed by atoms with E-state index in [0.717, 1.165) is 42.7 Å². The van der Waals surface area contributed by atoms with Crippen LogP contribution in [0.4, 0.5) is 0 Å². The first-order chi connectivity index (χ1) is 10.7. The van der Waals surface area contributed by atoms with E-state index in [1.165, 1.54) is 0 Å². The molecule has 2 heterocycles. The van der Waals surface area contributed by atoms with E-state index in [-0.39, 0.29) is 0 Å². The number of aromatic nitrogens is 3. The Morgan fingerprint density at radius 3 is 2.68 bits per heavy atom. The number of pyridine rings is 1. The molecule has 0 unspecified atom stereocenters. The first-order valence-electron chi connectivity index (χ1n) is 7.72. The molecule has 0 aromatic carbocycles.